The molecule has 4 rings (SSSR count). The van der Waals surface area contributed by atoms with E-state index in [1.54, 1.807) is 28.8 Å². The van der Waals surface area contributed by atoms with Gasteiger partial charge in [-0.2, -0.15) is 0 Å². The van der Waals surface area contributed by atoms with Crippen molar-refractivity contribution in [3.8, 4) is 0 Å². The normalized spacial score (nSPS) is 19.7. The number of carbonyl (C=O) groups is 1. The standard InChI is InChI=1S/C23H26F3N3O2/c1-23(25,26)15-6-9-17(10-7-15)27-21(30)5-3-13-29-20-14-16(24)8-11-18(20)28-12-2-4-19(28)22(29)31/h2,4,8,11-12,14-15,17H,3,5-7,9-10,13H2,1H3,(H,27,30). The average Bonchev–Trinajstić information content (AvgIpc) is 3.20. The number of rotatable bonds is 6. The maximum atomic E-state index is 13.9. The molecule has 2 heterocycles. The summed E-state index contributed by atoms with van der Waals surface area (Å²) in [6.07, 6.45) is 4.29. The van der Waals surface area contributed by atoms with Gasteiger partial charge in [-0.3, -0.25) is 9.59 Å². The first-order valence-corrected chi connectivity index (χ1v) is 10.7. The van der Waals surface area contributed by atoms with Crippen LogP contribution in [-0.2, 0) is 11.3 Å². The Morgan fingerprint density at radius 1 is 1.13 bits per heavy atom. The molecule has 0 unspecified atom stereocenters. The van der Waals surface area contributed by atoms with Crippen LogP contribution in [0.15, 0.2) is 41.3 Å². The number of amides is 1. The summed E-state index contributed by atoms with van der Waals surface area (Å²) in [6, 6.07) is 7.72. The Morgan fingerprint density at radius 3 is 2.58 bits per heavy atom. The third-order valence-electron chi connectivity index (χ3n) is 6.30. The lowest BCUT2D eigenvalue weighted by Gasteiger charge is -2.32. The topological polar surface area (TPSA) is 55.5 Å². The zero-order chi connectivity index (χ0) is 22.2. The molecule has 0 aliphatic heterocycles. The van der Waals surface area contributed by atoms with Crippen LogP contribution >= 0.6 is 0 Å². The molecule has 2 aromatic heterocycles. The summed E-state index contributed by atoms with van der Waals surface area (Å²) in [5, 5.41) is 2.93. The van der Waals surface area contributed by atoms with Gasteiger partial charge in [0.05, 0.1) is 11.0 Å². The van der Waals surface area contributed by atoms with Crippen molar-refractivity contribution in [1.29, 1.82) is 0 Å². The van der Waals surface area contributed by atoms with Gasteiger partial charge in [0.15, 0.2) is 0 Å². The molecule has 0 atom stereocenters. The number of aryl methyl sites for hydroxylation is 1. The molecule has 0 saturated heterocycles. The number of fused-ring (bicyclic) bond motifs is 3. The molecule has 1 N–H and O–H groups in total. The molecule has 1 aromatic carbocycles. The predicted molar refractivity (Wildman–Crippen MR) is 113 cm³/mol. The minimum absolute atomic E-state index is 0.0826. The third-order valence-corrected chi connectivity index (χ3v) is 6.30. The first kappa shape index (κ1) is 21.5. The highest BCUT2D eigenvalue weighted by Gasteiger charge is 2.37. The molecule has 5 nitrogen and oxygen atoms in total. The number of carbonyl (C=O) groups excluding carboxylic acids is 1. The summed E-state index contributed by atoms with van der Waals surface area (Å²) in [6.45, 7) is 1.24. The van der Waals surface area contributed by atoms with Crippen molar-refractivity contribution >= 4 is 22.5 Å². The number of alkyl halides is 2. The average molecular weight is 433 g/mol. The second kappa shape index (κ2) is 8.40. The number of benzene rings is 1. The van der Waals surface area contributed by atoms with Crippen LogP contribution in [0, 0.1) is 11.7 Å². The van der Waals surface area contributed by atoms with Gasteiger partial charge in [-0.1, -0.05) is 0 Å². The molecule has 1 aliphatic carbocycles. The Kier molecular flexibility index (Phi) is 5.81. The first-order valence-electron chi connectivity index (χ1n) is 10.7. The summed E-state index contributed by atoms with van der Waals surface area (Å²) in [4.78, 5) is 25.2. The Labute approximate surface area is 177 Å². The van der Waals surface area contributed by atoms with Crippen molar-refractivity contribution in [3.05, 3.63) is 52.7 Å². The molecule has 3 aromatic rings. The number of aromatic nitrogens is 2. The highest BCUT2D eigenvalue weighted by Crippen LogP contribution is 2.36. The van der Waals surface area contributed by atoms with Crippen LogP contribution in [0.1, 0.15) is 45.4 Å². The van der Waals surface area contributed by atoms with Crippen molar-refractivity contribution in [2.75, 3.05) is 0 Å². The van der Waals surface area contributed by atoms with Crippen molar-refractivity contribution < 1.29 is 18.0 Å². The summed E-state index contributed by atoms with van der Waals surface area (Å²) >= 11 is 0. The minimum Gasteiger partial charge on any atom is -0.353 e. The monoisotopic (exact) mass is 433 g/mol. The summed E-state index contributed by atoms with van der Waals surface area (Å²) < 4.78 is 44.0. The second-order valence-electron chi connectivity index (χ2n) is 8.53. The first-order chi connectivity index (χ1) is 14.7. The fourth-order valence-electron chi connectivity index (χ4n) is 4.59. The summed E-state index contributed by atoms with van der Waals surface area (Å²) in [7, 11) is 0. The SMILES string of the molecule is CC(F)(F)C1CCC(NC(=O)CCCn2c(=O)c3cccn3c3ccc(F)cc32)CC1. The van der Waals surface area contributed by atoms with Crippen LogP contribution in [0.5, 0.6) is 0 Å². The van der Waals surface area contributed by atoms with Gasteiger partial charge >= 0.3 is 0 Å². The quantitative estimate of drug-likeness (QED) is 0.622. The molecule has 166 valence electrons. The Bertz CT molecular complexity index is 1150. The van der Waals surface area contributed by atoms with Crippen molar-refractivity contribution in [1.82, 2.24) is 14.3 Å². The lowest BCUT2D eigenvalue weighted by molar-refractivity contribution is -0.122. The third kappa shape index (κ3) is 4.48. The molecule has 0 radical (unpaired) electrons. The van der Waals surface area contributed by atoms with Crippen LogP contribution in [0.3, 0.4) is 0 Å². The van der Waals surface area contributed by atoms with Gasteiger partial charge in [0.2, 0.25) is 11.8 Å². The van der Waals surface area contributed by atoms with E-state index in [0.717, 1.165) is 12.4 Å². The largest absolute Gasteiger partial charge is 0.353 e. The number of halogens is 3. The molecule has 1 saturated carbocycles. The van der Waals surface area contributed by atoms with Crippen molar-refractivity contribution in [2.24, 2.45) is 5.92 Å². The molecule has 1 amide bonds. The molecule has 1 fully saturated rings. The van der Waals surface area contributed by atoms with E-state index in [-0.39, 0.29) is 30.5 Å². The van der Waals surface area contributed by atoms with Crippen LogP contribution in [0.2, 0.25) is 0 Å². The Balaban J connectivity index is 1.40. The number of hydrogen-bond acceptors (Lipinski definition) is 2. The number of hydrogen-bond donors (Lipinski definition) is 1. The highest BCUT2D eigenvalue weighted by molar-refractivity contribution is 5.79. The van der Waals surface area contributed by atoms with Crippen molar-refractivity contribution in [3.63, 3.8) is 0 Å². The van der Waals surface area contributed by atoms with E-state index in [2.05, 4.69) is 5.32 Å². The minimum atomic E-state index is -2.68. The maximum absolute atomic E-state index is 13.9. The van der Waals surface area contributed by atoms with Crippen molar-refractivity contribution in [2.45, 2.75) is 64.0 Å². The smallest absolute Gasteiger partial charge is 0.275 e. The summed E-state index contributed by atoms with van der Waals surface area (Å²) in [5.74, 6) is -3.88. The zero-order valence-electron chi connectivity index (χ0n) is 17.4. The van der Waals surface area contributed by atoms with E-state index >= 15 is 0 Å². The molecule has 0 spiro atoms. The fourth-order valence-corrected chi connectivity index (χ4v) is 4.59. The van der Waals surface area contributed by atoms with Gasteiger partial charge in [0.1, 0.15) is 11.3 Å². The molecular weight excluding hydrogens is 407 g/mol. The lowest BCUT2D eigenvalue weighted by Crippen LogP contribution is -2.40. The highest BCUT2D eigenvalue weighted by atomic mass is 19.3. The molecule has 8 heteroatoms. The zero-order valence-corrected chi connectivity index (χ0v) is 17.4. The molecular formula is C23H26F3N3O2. The van der Waals surface area contributed by atoms with Crippen LogP contribution < -0.4 is 10.9 Å². The van der Waals surface area contributed by atoms with E-state index in [1.165, 1.54) is 16.7 Å². The van der Waals surface area contributed by atoms with E-state index < -0.39 is 17.7 Å². The Hall–Kier alpha value is -2.77. The summed E-state index contributed by atoms with van der Waals surface area (Å²) in [5.41, 5.74) is 1.46. The van der Waals surface area contributed by atoms with Crippen LogP contribution in [0.4, 0.5) is 13.2 Å². The molecule has 31 heavy (non-hydrogen) atoms. The Morgan fingerprint density at radius 2 is 1.87 bits per heavy atom. The maximum Gasteiger partial charge on any atom is 0.275 e. The molecule has 1 aliphatic rings. The van der Waals surface area contributed by atoms with Gasteiger partial charge in [0.25, 0.3) is 5.56 Å². The van der Waals surface area contributed by atoms with E-state index in [4.69, 9.17) is 0 Å². The second-order valence-corrected chi connectivity index (χ2v) is 8.53. The van der Waals surface area contributed by atoms with Gasteiger partial charge in [0, 0.05) is 31.1 Å². The van der Waals surface area contributed by atoms with Crippen LogP contribution in [-0.4, -0.2) is 26.8 Å². The predicted octanol–water partition coefficient (Wildman–Crippen LogP) is 4.50. The molecule has 0 bridgehead atoms. The van der Waals surface area contributed by atoms with Crippen LogP contribution in [0.25, 0.3) is 16.6 Å². The fraction of sp³-hybridized carbons (Fsp3) is 0.478. The van der Waals surface area contributed by atoms with Gasteiger partial charge in [-0.15, -0.1) is 0 Å². The van der Waals surface area contributed by atoms with E-state index in [1.807, 2.05) is 0 Å². The number of nitrogens with zero attached hydrogens (tertiary/aromatic N) is 2. The number of nitrogens with one attached hydrogen (secondary N) is 1. The van der Waals surface area contributed by atoms with E-state index in [0.29, 0.717) is 43.1 Å². The van der Waals surface area contributed by atoms with Gasteiger partial charge in [-0.05, 0) is 69.4 Å². The van der Waals surface area contributed by atoms with Gasteiger partial charge in [-0.25, -0.2) is 13.2 Å². The van der Waals surface area contributed by atoms with Gasteiger partial charge < -0.3 is 14.3 Å². The lowest BCUT2D eigenvalue weighted by atomic mass is 9.82. The van der Waals surface area contributed by atoms with E-state index in [9.17, 15) is 22.8 Å².